The van der Waals surface area contributed by atoms with Gasteiger partial charge in [-0.1, -0.05) is 11.6 Å². The zero-order valence-electron chi connectivity index (χ0n) is 10.9. The van der Waals surface area contributed by atoms with E-state index in [0.29, 0.717) is 17.1 Å². The van der Waals surface area contributed by atoms with E-state index in [1.807, 2.05) is 0 Å². The van der Waals surface area contributed by atoms with Crippen molar-refractivity contribution in [3.63, 3.8) is 0 Å². The summed E-state index contributed by atoms with van der Waals surface area (Å²) in [6.45, 7) is 0. The summed E-state index contributed by atoms with van der Waals surface area (Å²) in [5.74, 6) is 0.716. The zero-order valence-corrected chi connectivity index (χ0v) is 11.6. The summed E-state index contributed by atoms with van der Waals surface area (Å²) in [5.41, 5.74) is 0.344. The minimum absolute atomic E-state index is 0.125. The number of benzene rings is 1. The number of hydrogen-bond donors (Lipinski definition) is 1. The molecule has 0 atom stereocenters. The number of aromatic nitrogens is 2. The average molecular weight is 294 g/mol. The Kier molecular flexibility index (Phi) is 4.37. The van der Waals surface area contributed by atoms with Crippen LogP contribution in [-0.2, 0) is 0 Å². The van der Waals surface area contributed by atoms with Gasteiger partial charge in [-0.2, -0.15) is 0 Å². The van der Waals surface area contributed by atoms with Crippen LogP contribution in [0.15, 0.2) is 30.5 Å². The van der Waals surface area contributed by atoms with Crippen molar-refractivity contribution in [1.29, 1.82) is 0 Å². The molecule has 0 saturated carbocycles. The second-order valence-corrected chi connectivity index (χ2v) is 4.11. The molecule has 6 nitrogen and oxygen atoms in total. The number of ether oxygens (including phenoxy) is 2. The number of carbonyl (C=O) groups excluding carboxylic acids is 1. The van der Waals surface area contributed by atoms with Crippen molar-refractivity contribution < 1.29 is 14.3 Å². The molecule has 2 aromatic rings. The topological polar surface area (TPSA) is 73.3 Å². The van der Waals surface area contributed by atoms with Gasteiger partial charge in [0.05, 0.1) is 19.8 Å². The highest BCUT2D eigenvalue weighted by Gasteiger charge is 2.14. The molecule has 1 heterocycles. The first-order chi connectivity index (χ1) is 9.63. The van der Waals surface area contributed by atoms with Gasteiger partial charge in [-0.25, -0.2) is 9.97 Å². The molecule has 0 aliphatic heterocycles. The Morgan fingerprint density at radius 2 is 2.05 bits per heavy atom. The minimum atomic E-state index is -0.397. The van der Waals surface area contributed by atoms with E-state index in [2.05, 4.69) is 15.3 Å². The zero-order chi connectivity index (χ0) is 14.5. The van der Waals surface area contributed by atoms with E-state index >= 15 is 0 Å². The van der Waals surface area contributed by atoms with E-state index in [0.717, 1.165) is 0 Å². The predicted molar refractivity (Wildman–Crippen MR) is 74.5 cm³/mol. The van der Waals surface area contributed by atoms with Crippen molar-refractivity contribution in [1.82, 2.24) is 9.97 Å². The van der Waals surface area contributed by atoms with Crippen molar-refractivity contribution in [2.75, 3.05) is 19.5 Å². The normalized spacial score (nSPS) is 9.95. The molecule has 20 heavy (non-hydrogen) atoms. The quantitative estimate of drug-likeness (QED) is 0.876. The molecule has 1 amide bonds. The van der Waals surface area contributed by atoms with Gasteiger partial charge in [0.15, 0.2) is 0 Å². The molecule has 104 valence electrons. The molecule has 0 radical (unpaired) electrons. The fraction of sp³-hybridized carbons (Fsp3) is 0.154. The van der Waals surface area contributed by atoms with Gasteiger partial charge in [-0.05, 0) is 18.2 Å². The summed E-state index contributed by atoms with van der Waals surface area (Å²) >= 11 is 5.73. The van der Waals surface area contributed by atoms with Crippen LogP contribution in [0.25, 0.3) is 0 Å². The van der Waals surface area contributed by atoms with Crippen molar-refractivity contribution in [2.24, 2.45) is 0 Å². The molecule has 0 bridgehead atoms. The first kappa shape index (κ1) is 14.1. The summed E-state index contributed by atoms with van der Waals surface area (Å²) in [5, 5.41) is 2.79. The van der Waals surface area contributed by atoms with Crippen molar-refractivity contribution in [3.05, 3.63) is 41.2 Å². The molecule has 0 aliphatic rings. The Bertz CT molecular complexity index is 634. The molecule has 1 N–H and O–H groups in total. The third-order valence-electron chi connectivity index (χ3n) is 2.50. The predicted octanol–water partition coefficient (Wildman–Crippen LogP) is 2.40. The van der Waals surface area contributed by atoms with E-state index in [1.54, 1.807) is 18.2 Å². The second kappa shape index (κ2) is 6.21. The Hall–Kier alpha value is -2.34. The molecule has 1 aromatic carbocycles. The second-order valence-electron chi connectivity index (χ2n) is 3.72. The van der Waals surface area contributed by atoms with Crippen LogP contribution in [0.2, 0.25) is 5.15 Å². The largest absolute Gasteiger partial charge is 0.497 e. The number of anilines is 1. The molecule has 0 fully saturated rings. The van der Waals surface area contributed by atoms with Crippen LogP contribution in [-0.4, -0.2) is 30.1 Å². The first-order valence-electron chi connectivity index (χ1n) is 5.66. The lowest BCUT2D eigenvalue weighted by molar-refractivity contribution is 0.102. The summed E-state index contributed by atoms with van der Waals surface area (Å²) in [4.78, 5) is 19.9. The van der Waals surface area contributed by atoms with Crippen LogP contribution in [0, 0.1) is 0 Å². The Labute approximate surface area is 120 Å². The molecule has 0 aliphatic carbocycles. The number of amides is 1. The van der Waals surface area contributed by atoms with Gasteiger partial charge in [-0.3, -0.25) is 10.1 Å². The average Bonchev–Trinajstić information content (AvgIpc) is 2.46. The maximum atomic E-state index is 12.1. The number of methoxy groups -OCH3 is 2. The Morgan fingerprint density at radius 3 is 2.70 bits per heavy atom. The molecular weight excluding hydrogens is 282 g/mol. The number of nitrogens with one attached hydrogen (secondary N) is 1. The fourth-order valence-electron chi connectivity index (χ4n) is 1.55. The van der Waals surface area contributed by atoms with Crippen LogP contribution < -0.4 is 14.8 Å². The minimum Gasteiger partial charge on any atom is -0.497 e. The molecule has 0 spiro atoms. The monoisotopic (exact) mass is 293 g/mol. The van der Waals surface area contributed by atoms with E-state index in [4.69, 9.17) is 21.1 Å². The van der Waals surface area contributed by atoms with Gasteiger partial charge < -0.3 is 9.47 Å². The van der Waals surface area contributed by atoms with E-state index in [-0.39, 0.29) is 11.1 Å². The maximum absolute atomic E-state index is 12.1. The van der Waals surface area contributed by atoms with Crippen molar-refractivity contribution in [2.45, 2.75) is 0 Å². The van der Waals surface area contributed by atoms with Gasteiger partial charge in [0.1, 0.15) is 16.7 Å². The SMILES string of the molecule is COc1ccc(C(=O)Nc2nccc(Cl)n2)c(OC)c1. The van der Waals surface area contributed by atoms with Gasteiger partial charge in [0.25, 0.3) is 5.91 Å². The smallest absolute Gasteiger partial charge is 0.261 e. The summed E-state index contributed by atoms with van der Waals surface area (Å²) in [6.07, 6.45) is 1.45. The van der Waals surface area contributed by atoms with E-state index in [9.17, 15) is 4.79 Å². The van der Waals surface area contributed by atoms with Crippen LogP contribution in [0.5, 0.6) is 11.5 Å². The number of hydrogen-bond acceptors (Lipinski definition) is 5. The van der Waals surface area contributed by atoms with Gasteiger partial charge in [0, 0.05) is 12.3 Å². The summed E-state index contributed by atoms with van der Waals surface area (Å²) in [7, 11) is 3.01. The number of halogens is 1. The Balaban J connectivity index is 2.25. The van der Waals surface area contributed by atoms with Crippen LogP contribution in [0.1, 0.15) is 10.4 Å². The van der Waals surface area contributed by atoms with Crippen molar-refractivity contribution in [3.8, 4) is 11.5 Å². The molecule has 2 rings (SSSR count). The van der Waals surface area contributed by atoms with E-state index < -0.39 is 5.91 Å². The van der Waals surface area contributed by atoms with Gasteiger partial charge in [-0.15, -0.1) is 0 Å². The lowest BCUT2D eigenvalue weighted by atomic mass is 10.2. The van der Waals surface area contributed by atoms with Gasteiger partial charge >= 0.3 is 0 Å². The highest BCUT2D eigenvalue weighted by molar-refractivity contribution is 6.29. The number of nitrogens with zero attached hydrogens (tertiary/aromatic N) is 2. The molecular formula is C13H12ClN3O3. The highest BCUT2D eigenvalue weighted by Crippen LogP contribution is 2.25. The van der Waals surface area contributed by atoms with Crippen LogP contribution in [0.3, 0.4) is 0 Å². The first-order valence-corrected chi connectivity index (χ1v) is 6.03. The maximum Gasteiger partial charge on any atom is 0.261 e. The van der Waals surface area contributed by atoms with Crippen molar-refractivity contribution >= 4 is 23.5 Å². The molecule has 0 unspecified atom stereocenters. The standard InChI is InChI=1S/C13H12ClN3O3/c1-19-8-3-4-9(10(7-8)20-2)12(18)17-13-15-6-5-11(14)16-13/h3-7H,1-2H3,(H,15,16,17,18). The number of carbonyl (C=O) groups is 1. The van der Waals surface area contributed by atoms with E-state index in [1.165, 1.54) is 26.5 Å². The molecule has 0 saturated heterocycles. The van der Waals surface area contributed by atoms with Crippen LogP contribution >= 0.6 is 11.6 Å². The molecule has 7 heteroatoms. The number of rotatable bonds is 4. The van der Waals surface area contributed by atoms with Gasteiger partial charge in [0.2, 0.25) is 5.95 Å². The third kappa shape index (κ3) is 3.16. The third-order valence-corrected chi connectivity index (χ3v) is 2.71. The summed E-state index contributed by atoms with van der Waals surface area (Å²) < 4.78 is 10.2. The lowest BCUT2D eigenvalue weighted by Crippen LogP contribution is -2.15. The lowest BCUT2D eigenvalue weighted by Gasteiger charge is -2.10. The van der Waals surface area contributed by atoms with Crippen LogP contribution in [0.4, 0.5) is 5.95 Å². The highest BCUT2D eigenvalue weighted by atomic mass is 35.5. The fourth-order valence-corrected chi connectivity index (χ4v) is 1.69. The molecule has 1 aromatic heterocycles. The Morgan fingerprint density at radius 1 is 1.25 bits per heavy atom. The summed E-state index contributed by atoms with van der Waals surface area (Å²) in [6, 6.07) is 6.40.